The Bertz CT molecular complexity index is 1180. The maximum Gasteiger partial charge on any atom is 0.490 e. The van der Waals surface area contributed by atoms with Gasteiger partial charge in [0.05, 0.1) is 12.4 Å². The third-order valence-electron chi connectivity index (χ3n) is 5.38. The summed E-state index contributed by atoms with van der Waals surface area (Å²) in [7, 11) is -16.2. The van der Waals surface area contributed by atoms with E-state index >= 15 is 0 Å². The molecule has 0 amide bonds. The molecule has 0 saturated heterocycles. The van der Waals surface area contributed by atoms with Crippen LogP contribution in [-0.4, -0.2) is 45.2 Å². The average molecular weight is 500 g/mol. The van der Waals surface area contributed by atoms with E-state index < -0.39 is 29.6 Å². The van der Waals surface area contributed by atoms with Crippen molar-refractivity contribution in [3.8, 4) is 0 Å². The molecule has 172 valence electrons. The molecule has 0 aromatic carbocycles. The van der Waals surface area contributed by atoms with E-state index in [0.29, 0.717) is 17.6 Å². The van der Waals surface area contributed by atoms with Gasteiger partial charge in [-0.25, -0.2) is 18.7 Å². The van der Waals surface area contributed by atoms with Crippen LogP contribution in [0.25, 0.3) is 11.2 Å². The van der Waals surface area contributed by atoms with Gasteiger partial charge < -0.3 is 35.6 Å². The molecule has 2 fully saturated rings. The summed E-state index contributed by atoms with van der Waals surface area (Å²) in [6, 6.07) is -0.102. The summed E-state index contributed by atoms with van der Waals surface area (Å²) in [5.41, 5.74) is 12.3. The van der Waals surface area contributed by atoms with Gasteiger partial charge in [0.25, 0.3) is 0 Å². The molecule has 2 aromatic rings. The predicted molar refractivity (Wildman–Crippen MR) is 103 cm³/mol. The second kappa shape index (κ2) is 7.29. The van der Waals surface area contributed by atoms with Crippen LogP contribution in [0.1, 0.15) is 19.4 Å². The molecule has 4 unspecified atom stereocenters. The van der Waals surface area contributed by atoms with Gasteiger partial charge in [0.2, 0.25) is 5.95 Å². The number of aromatic nitrogens is 4. The van der Waals surface area contributed by atoms with Gasteiger partial charge in [-0.2, -0.15) is 18.6 Å². The van der Waals surface area contributed by atoms with Crippen LogP contribution < -0.4 is 11.5 Å². The molecule has 19 heteroatoms. The minimum absolute atomic E-state index is 0.00639. The van der Waals surface area contributed by atoms with Crippen molar-refractivity contribution in [2.45, 2.75) is 25.5 Å². The molecule has 0 radical (unpaired) electrons. The fourth-order valence-electron chi connectivity index (χ4n) is 4.26. The topological polar surface area (TPSA) is 255 Å². The number of nitrogens with two attached hydrogens (primary N) is 2. The standard InChI is InChI=1S/C12H19N6O10P3/c1-4-6(18-3-15-8-10(13)16-12(14)17-11(8)18)2-5-7(4)9(5)26-30(22,23)28-31(24,25)27-29(19,20)21/h3-7,9H,2H2,1H3,(H,22,23)(H,24,25)(H2,19,20,21)(H4,13,14,16,17)/t4-,5?,6-,7-,9?/m0/s1. The highest BCUT2D eigenvalue weighted by Crippen LogP contribution is 2.70. The maximum absolute atomic E-state index is 12.0. The average Bonchev–Trinajstić information content (AvgIpc) is 2.89. The van der Waals surface area contributed by atoms with Crippen LogP contribution in [0.4, 0.5) is 11.8 Å². The van der Waals surface area contributed by atoms with Gasteiger partial charge in [0, 0.05) is 6.04 Å². The van der Waals surface area contributed by atoms with E-state index in [0.717, 1.165) is 0 Å². The normalized spacial score (nSPS) is 31.8. The van der Waals surface area contributed by atoms with Crippen LogP contribution >= 0.6 is 23.5 Å². The summed E-state index contributed by atoms with van der Waals surface area (Å²) in [5, 5.41) is 0. The van der Waals surface area contributed by atoms with Gasteiger partial charge >= 0.3 is 23.5 Å². The zero-order chi connectivity index (χ0) is 22.9. The molecule has 31 heavy (non-hydrogen) atoms. The number of hydrogen-bond acceptors (Lipinski definition) is 11. The Balaban J connectivity index is 1.45. The van der Waals surface area contributed by atoms with Crippen molar-refractivity contribution in [3.05, 3.63) is 6.33 Å². The summed E-state index contributed by atoms with van der Waals surface area (Å²) in [4.78, 5) is 48.4. The van der Waals surface area contributed by atoms with Crippen LogP contribution in [0.15, 0.2) is 6.33 Å². The Labute approximate surface area is 174 Å². The van der Waals surface area contributed by atoms with Crippen molar-refractivity contribution in [3.63, 3.8) is 0 Å². The van der Waals surface area contributed by atoms with Gasteiger partial charge in [-0.3, -0.25) is 4.52 Å². The first-order chi connectivity index (χ1) is 14.2. The van der Waals surface area contributed by atoms with E-state index in [4.69, 9.17) is 25.8 Å². The molecule has 7 atom stereocenters. The van der Waals surface area contributed by atoms with E-state index in [-0.39, 0.29) is 35.6 Å². The lowest BCUT2D eigenvalue weighted by Gasteiger charge is -2.23. The summed E-state index contributed by atoms with van der Waals surface area (Å²) in [5.74, 6) is -0.324. The number of anilines is 2. The SMILES string of the molecule is C[C@@H]1[C@H]2C(C[C@@H]1n1cnc3c(N)nc(N)nc31)C2OP(=O)(O)OP(=O)(O)OP(=O)(O)O. The minimum Gasteiger partial charge on any atom is -0.382 e. The molecule has 2 saturated carbocycles. The summed E-state index contributed by atoms with van der Waals surface area (Å²) < 4.78 is 48.4. The highest BCUT2D eigenvalue weighted by molar-refractivity contribution is 7.66. The Kier molecular flexibility index (Phi) is 5.35. The van der Waals surface area contributed by atoms with E-state index in [1.807, 2.05) is 6.92 Å². The van der Waals surface area contributed by atoms with Crippen LogP contribution in [0.3, 0.4) is 0 Å². The molecule has 2 aliphatic rings. The Morgan fingerprint density at radius 1 is 1.10 bits per heavy atom. The summed E-state index contributed by atoms with van der Waals surface area (Å²) in [6.45, 7) is 1.88. The Morgan fingerprint density at radius 2 is 1.77 bits per heavy atom. The fourth-order valence-corrected chi connectivity index (χ4v) is 7.53. The van der Waals surface area contributed by atoms with Crippen LogP contribution in [-0.2, 0) is 26.8 Å². The van der Waals surface area contributed by atoms with Crippen molar-refractivity contribution < 1.29 is 46.4 Å². The Hall–Kier alpha value is -1.44. The second-order valence-corrected chi connectivity index (χ2v) is 11.7. The molecule has 2 aliphatic carbocycles. The monoisotopic (exact) mass is 500 g/mol. The molecule has 2 aromatic heterocycles. The van der Waals surface area contributed by atoms with Gasteiger partial charge in [0.15, 0.2) is 11.5 Å². The smallest absolute Gasteiger partial charge is 0.382 e. The van der Waals surface area contributed by atoms with Crippen LogP contribution in [0.2, 0.25) is 0 Å². The molecule has 0 aliphatic heterocycles. The van der Waals surface area contributed by atoms with Gasteiger partial charge in [-0.15, -0.1) is 0 Å². The number of rotatable bonds is 7. The van der Waals surface area contributed by atoms with Crippen LogP contribution in [0, 0.1) is 17.8 Å². The third-order valence-corrected chi connectivity index (χ3v) is 9.21. The van der Waals surface area contributed by atoms with E-state index in [9.17, 15) is 23.5 Å². The highest BCUT2D eigenvalue weighted by Gasteiger charge is 2.64. The number of hydrogen-bond donors (Lipinski definition) is 6. The first-order valence-electron chi connectivity index (χ1n) is 8.75. The summed E-state index contributed by atoms with van der Waals surface area (Å²) >= 11 is 0. The van der Waals surface area contributed by atoms with Crippen molar-refractivity contribution >= 4 is 46.4 Å². The number of nitrogens with zero attached hydrogens (tertiary/aromatic N) is 4. The molecular formula is C12H19N6O10P3. The lowest BCUT2D eigenvalue weighted by molar-refractivity contribution is 0.140. The minimum atomic E-state index is -5.55. The quantitative estimate of drug-likeness (QED) is 0.283. The largest absolute Gasteiger partial charge is 0.490 e. The van der Waals surface area contributed by atoms with Crippen molar-refractivity contribution in [2.24, 2.45) is 17.8 Å². The number of phosphoric acid groups is 3. The van der Waals surface area contributed by atoms with E-state index in [1.165, 1.54) is 0 Å². The molecule has 2 heterocycles. The third kappa shape index (κ3) is 4.55. The van der Waals surface area contributed by atoms with Gasteiger partial charge in [0.1, 0.15) is 5.52 Å². The predicted octanol–water partition coefficient (Wildman–Crippen LogP) is 0.529. The van der Waals surface area contributed by atoms with E-state index in [1.54, 1.807) is 10.9 Å². The van der Waals surface area contributed by atoms with Gasteiger partial charge in [-0.1, -0.05) is 6.92 Å². The fraction of sp³-hybridized carbons (Fsp3) is 0.583. The number of phosphoric ester groups is 1. The van der Waals surface area contributed by atoms with E-state index in [2.05, 4.69) is 23.6 Å². The lowest BCUT2D eigenvalue weighted by Crippen LogP contribution is -2.19. The molecular weight excluding hydrogens is 481 g/mol. The number of imidazole rings is 1. The Morgan fingerprint density at radius 3 is 2.35 bits per heavy atom. The van der Waals surface area contributed by atoms with Crippen LogP contribution in [0.5, 0.6) is 0 Å². The molecule has 4 rings (SSSR count). The molecule has 0 bridgehead atoms. The second-order valence-electron chi connectivity index (χ2n) is 7.36. The lowest BCUT2D eigenvalue weighted by atomic mass is 10.00. The molecule has 8 N–H and O–H groups in total. The van der Waals surface area contributed by atoms with Gasteiger partial charge in [-0.05, 0) is 24.2 Å². The number of fused-ring (bicyclic) bond motifs is 2. The first kappa shape index (κ1) is 22.7. The highest BCUT2D eigenvalue weighted by atomic mass is 31.3. The maximum atomic E-state index is 12.0. The summed E-state index contributed by atoms with van der Waals surface area (Å²) in [6.07, 6.45) is 1.29. The van der Waals surface area contributed by atoms with Crippen molar-refractivity contribution in [1.29, 1.82) is 0 Å². The number of nitrogen functional groups attached to an aromatic ring is 2. The first-order valence-corrected chi connectivity index (χ1v) is 13.3. The zero-order valence-corrected chi connectivity index (χ0v) is 18.4. The zero-order valence-electron chi connectivity index (χ0n) is 15.7. The molecule has 16 nitrogen and oxygen atoms in total. The van der Waals surface area contributed by atoms with Crippen molar-refractivity contribution in [1.82, 2.24) is 19.5 Å². The van der Waals surface area contributed by atoms with Crippen molar-refractivity contribution in [2.75, 3.05) is 11.5 Å². The molecule has 0 spiro atoms.